The van der Waals surface area contributed by atoms with Crippen LogP contribution in [0.25, 0.3) is 10.8 Å². The smallest absolute Gasteiger partial charge is 0.287 e. The van der Waals surface area contributed by atoms with Crippen molar-refractivity contribution in [3.63, 3.8) is 0 Å². The highest BCUT2D eigenvalue weighted by molar-refractivity contribution is 6.16. The van der Waals surface area contributed by atoms with Crippen molar-refractivity contribution < 1.29 is 35.5 Å². The zero-order valence-corrected chi connectivity index (χ0v) is 9.13. The summed E-state index contributed by atoms with van der Waals surface area (Å²) in [5, 5.41) is -2.91. The highest BCUT2D eigenvalue weighted by Gasteiger charge is 2.56. The highest BCUT2D eigenvalue weighted by atomic mass is 19.3. The Balaban J connectivity index is 2.63. The van der Waals surface area contributed by atoms with Crippen molar-refractivity contribution in [2.75, 3.05) is 0 Å². The van der Waals surface area contributed by atoms with Crippen molar-refractivity contribution in [2.24, 2.45) is 0 Å². The molecule has 0 atom stereocenters. The third-order valence-corrected chi connectivity index (χ3v) is 3.14. The summed E-state index contributed by atoms with van der Waals surface area (Å²) in [5.41, 5.74) is -2.22. The first-order valence-corrected chi connectivity index (χ1v) is 5.10. The number of fused-ring (bicyclic) bond motifs is 3. The largest absolute Gasteiger partial charge is 0.336 e. The molecule has 0 fully saturated rings. The summed E-state index contributed by atoms with van der Waals surface area (Å²) in [7, 11) is 0. The van der Waals surface area contributed by atoms with E-state index in [2.05, 4.69) is 0 Å². The Morgan fingerprint density at radius 3 is 1.85 bits per heavy atom. The number of hydrogen-bond donors (Lipinski definition) is 0. The summed E-state index contributed by atoms with van der Waals surface area (Å²) in [4.78, 5) is 11.0. The summed E-state index contributed by atoms with van der Waals surface area (Å²) >= 11 is 0. The number of halogens is 7. The van der Waals surface area contributed by atoms with E-state index in [9.17, 15) is 35.5 Å². The first kappa shape index (κ1) is 12.9. The van der Waals surface area contributed by atoms with Gasteiger partial charge in [0.2, 0.25) is 5.78 Å². The lowest BCUT2D eigenvalue weighted by Crippen LogP contribution is -2.39. The first-order valence-electron chi connectivity index (χ1n) is 5.10. The van der Waals surface area contributed by atoms with Gasteiger partial charge in [-0.1, -0.05) is 0 Å². The van der Waals surface area contributed by atoms with Crippen LogP contribution in [0.5, 0.6) is 0 Å². The maximum absolute atomic E-state index is 13.6. The van der Waals surface area contributed by atoms with E-state index in [-0.39, 0.29) is 6.07 Å². The predicted molar refractivity (Wildman–Crippen MR) is 52.0 cm³/mol. The lowest BCUT2D eigenvalue weighted by atomic mass is 9.79. The van der Waals surface area contributed by atoms with Crippen LogP contribution in [0.15, 0.2) is 6.07 Å². The summed E-state index contributed by atoms with van der Waals surface area (Å²) in [5.74, 6) is -16.6. The first-order chi connectivity index (χ1) is 9.19. The third kappa shape index (κ3) is 1.21. The normalized spacial score (nSPS) is 16.2. The minimum atomic E-state index is -4.20. The fourth-order valence-electron chi connectivity index (χ4n) is 2.22. The molecule has 0 radical (unpaired) electrons. The Hall–Kier alpha value is -2.12. The number of Topliss-reactive ketones (excluding diaryl/α,β-unsaturated/α-hetero) is 1. The molecular formula is C12HF7O. The quantitative estimate of drug-likeness (QED) is 0.410. The van der Waals surface area contributed by atoms with Crippen LogP contribution < -0.4 is 0 Å². The van der Waals surface area contributed by atoms with Crippen molar-refractivity contribution in [1.82, 2.24) is 0 Å². The Morgan fingerprint density at radius 2 is 1.30 bits per heavy atom. The molecule has 0 spiro atoms. The summed E-state index contributed by atoms with van der Waals surface area (Å²) in [6.45, 7) is 0. The van der Waals surface area contributed by atoms with E-state index in [0.29, 0.717) is 0 Å². The molecule has 1 nitrogen and oxygen atoms in total. The minimum absolute atomic E-state index is 0.247. The predicted octanol–water partition coefficient (Wildman–Crippen LogP) is 3.82. The van der Waals surface area contributed by atoms with Gasteiger partial charge in [0, 0.05) is 10.9 Å². The van der Waals surface area contributed by atoms with E-state index in [1.165, 1.54) is 0 Å². The van der Waals surface area contributed by atoms with Gasteiger partial charge >= 0.3 is 5.92 Å². The van der Waals surface area contributed by atoms with Crippen molar-refractivity contribution in [1.29, 1.82) is 0 Å². The topological polar surface area (TPSA) is 17.1 Å². The molecule has 2 aromatic rings. The standard InChI is InChI=1S/C12HF7O/c13-3-1-2-6(12(18,19)11(2)20)5-4(3)7(14)9(16)10(17)8(5)15/h1H. The Bertz CT molecular complexity index is 810. The Kier molecular flexibility index (Phi) is 2.26. The number of alkyl halides is 2. The fraction of sp³-hybridized carbons (Fsp3) is 0.0833. The molecule has 2 aromatic carbocycles. The second-order valence-electron chi connectivity index (χ2n) is 4.19. The third-order valence-electron chi connectivity index (χ3n) is 3.14. The molecule has 0 aliphatic heterocycles. The number of hydrogen-bond acceptors (Lipinski definition) is 1. The van der Waals surface area contributed by atoms with E-state index in [0.717, 1.165) is 0 Å². The fourth-order valence-corrected chi connectivity index (χ4v) is 2.22. The summed E-state index contributed by atoms with van der Waals surface area (Å²) in [6.07, 6.45) is 0. The van der Waals surface area contributed by atoms with Gasteiger partial charge in [-0.15, -0.1) is 0 Å². The van der Waals surface area contributed by atoms with Crippen molar-refractivity contribution >= 4 is 16.6 Å². The molecule has 0 saturated carbocycles. The van der Waals surface area contributed by atoms with Crippen molar-refractivity contribution in [3.8, 4) is 0 Å². The van der Waals surface area contributed by atoms with E-state index in [1.54, 1.807) is 0 Å². The van der Waals surface area contributed by atoms with Gasteiger partial charge in [0.25, 0.3) is 0 Å². The second-order valence-corrected chi connectivity index (χ2v) is 4.19. The average Bonchev–Trinajstić information content (AvgIpc) is 2.40. The number of benzene rings is 2. The van der Waals surface area contributed by atoms with E-state index >= 15 is 0 Å². The van der Waals surface area contributed by atoms with Crippen LogP contribution in [0.1, 0.15) is 15.9 Å². The monoisotopic (exact) mass is 294 g/mol. The van der Waals surface area contributed by atoms with E-state index in [4.69, 9.17) is 0 Å². The van der Waals surface area contributed by atoms with Crippen LogP contribution in [-0.2, 0) is 5.92 Å². The SMILES string of the molecule is O=C1c2cc(F)c3c(F)c(F)c(F)c(F)c3c2C1(F)F. The molecule has 0 saturated heterocycles. The minimum Gasteiger partial charge on any atom is -0.287 e. The van der Waals surface area contributed by atoms with Gasteiger partial charge in [-0.05, 0) is 6.07 Å². The van der Waals surface area contributed by atoms with Crippen LogP contribution in [0.3, 0.4) is 0 Å². The van der Waals surface area contributed by atoms with Crippen LogP contribution in [0.2, 0.25) is 0 Å². The lowest BCUT2D eigenvalue weighted by molar-refractivity contribution is -0.00549. The maximum atomic E-state index is 13.6. The molecular weight excluding hydrogens is 293 g/mol. The number of ketones is 1. The molecule has 0 N–H and O–H groups in total. The van der Waals surface area contributed by atoms with E-state index < -0.39 is 62.7 Å². The molecule has 1 aliphatic carbocycles. The van der Waals surface area contributed by atoms with Crippen LogP contribution in [0, 0.1) is 29.1 Å². The van der Waals surface area contributed by atoms with Crippen LogP contribution in [-0.4, -0.2) is 5.78 Å². The molecule has 0 amide bonds. The molecule has 8 heteroatoms. The molecule has 1 aliphatic rings. The van der Waals surface area contributed by atoms with Crippen molar-refractivity contribution in [2.45, 2.75) is 5.92 Å². The van der Waals surface area contributed by atoms with Gasteiger partial charge in [-0.2, -0.15) is 8.78 Å². The summed E-state index contributed by atoms with van der Waals surface area (Å²) < 4.78 is 93.4. The molecule has 0 heterocycles. The summed E-state index contributed by atoms with van der Waals surface area (Å²) in [6, 6.07) is 0.247. The van der Waals surface area contributed by atoms with Gasteiger partial charge in [0.1, 0.15) is 5.82 Å². The molecule has 0 bridgehead atoms. The molecule has 20 heavy (non-hydrogen) atoms. The van der Waals surface area contributed by atoms with Crippen molar-refractivity contribution in [3.05, 3.63) is 46.3 Å². The number of carbonyl (C=O) groups excluding carboxylic acids is 1. The maximum Gasteiger partial charge on any atom is 0.336 e. The Labute approximate surface area is 105 Å². The number of rotatable bonds is 0. The number of carbonyl (C=O) groups is 1. The van der Waals surface area contributed by atoms with Gasteiger partial charge in [0.15, 0.2) is 23.3 Å². The van der Waals surface area contributed by atoms with Gasteiger partial charge in [0.05, 0.1) is 10.9 Å². The van der Waals surface area contributed by atoms with Crippen LogP contribution in [0.4, 0.5) is 30.7 Å². The zero-order chi connectivity index (χ0) is 15.0. The Morgan fingerprint density at radius 1 is 0.800 bits per heavy atom. The van der Waals surface area contributed by atoms with Gasteiger partial charge in [-0.3, -0.25) is 4.79 Å². The lowest BCUT2D eigenvalue weighted by Gasteiger charge is -2.29. The molecule has 3 rings (SSSR count). The highest BCUT2D eigenvalue weighted by Crippen LogP contribution is 2.49. The van der Waals surface area contributed by atoms with Gasteiger partial charge in [-0.25, -0.2) is 22.0 Å². The molecule has 104 valence electrons. The zero-order valence-electron chi connectivity index (χ0n) is 9.13. The molecule has 0 unspecified atom stereocenters. The second kappa shape index (κ2) is 3.50. The van der Waals surface area contributed by atoms with Gasteiger partial charge < -0.3 is 0 Å². The van der Waals surface area contributed by atoms with E-state index in [1.807, 2.05) is 0 Å². The molecule has 0 aromatic heterocycles. The van der Waals surface area contributed by atoms with Crippen LogP contribution >= 0.6 is 0 Å². The average molecular weight is 294 g/mol.